The molecular weight excluding hydrogens is 526 g/mol. The molecule has 0 N–H and O–H groups in total. The highest BCUT2D eigenvalue weighted by Crippen LogP contribution is 2.35. The predicted molar refractivity (Wildman–Crippen MR) is 174 cm³/mol. The Labute approximate surface area is 257 Å². The largest absolute Gasteiger partial charge is 0.456 e. The van der Waals surface area contributed by atoms with Crippen molar-refractivity contribution in [3.8, 4) is 56.4 Å². The van der Waals surface area contributed by atoms with Gasteiger partial charge in [-0.3, -0.25) is 0 Å². The molecule has 0 fully saturated rings. The van der Waals surface area contributed by atoms with Crippen LogP contribution in [-0.4, -0.2) is 15.0 Å². The monoisotopic (exact) mass is 557 g/mol. The van der Waals surface area contributed by atoms with E-state index in [4.69, 9.17) is 26.2 Å². The van der Waals surface area contributed by atoms with Gasteiger partial charge in [0.1, 0.15) is 11.2 Å². The van der Waals surface area contributed by atoms with Gasteiger partial charge in [-0.25, -0.2) is 15.0 Å². The van der Waals surface area contributed by atoms with Gasteiger partial charge in [0.15, 0.2) is 17.5 Å². The van der Waals surface area contributed by atoms with E-state index < -0.39 is 0 Å². The quantitative estimate of drug-likeness (QED) is 0.211. The molecule has 8 rings (SSSR count). The van der Waals surface area contributed by atoms with Crippen LogP contribution in [0.15, 0.2) is 156 Å². The van der Waals surface area contributed by atoms with E-state index in [0.717, 1.165) is 11.1 Å². The number of hydrogen-bond acceptors (Lipinski definition) is 4. The lowest BCUT2D eigenvalue weighted by atomic mass is 10.0. The SMILES string of the molecule is [2H]c1c(-c2ccccc2)c([2H])c2c(oc3c([2H])c(-c4nc(-c5ccccc5)nc(-c5cccc(-c6ccccc6)c5)n4)c([2H])c([2H])c32)c1[2H]. The van der Waals surface area contributed by atoms with Crippen LogP contribution >= 0.6 is 0 Å². The van der Waals surface area contributed by atoms with Gasteiger partial charge < -0.3 is 4.42 Å². The average molecular weight is 558 g/mol. The minimum absolute atomic E-state index is 0.0168. The number of fused-ring (bicyclic) bond motifs is 3. The first-order valence-corrected chi connectivity index (χ1v) is 13.8. The van der Waals surface area contributed by atoms with E-state index in [1.807, 2.05) is 91.0 Å². The molecule has 0 spiro atoms. The van der Waals surface area contributed by atoms with Crippen LogP contribution in [-0.2, 0) is 0 Å². The van der Waals surface area contributed by atoms with Gasteiger partial charge in [0, 0.05) is 27.5 Å². The van der Waals surface area contributed by atoms with Crippen molar-refractivity contribution in [2.45, 2.75) is 0 Å². The molecule has 0 unspecified atom stereocenters. The predicted octanol–water partition coefficient (Wildman–Crippen LogP) is 10.1. The van der Waals surface area contributed by atoms with Gasteiger partial charge in [0.2, 0.25) is 0 Å². The van der Waals surface area contributed by atoms with Crippen molar-refractivity contribution < 1.29 is 12.6 Å². The third kappa shape index (κ3) is 4.75. The molecule has 202 valence electrons. The lowest BCUT2D eigenvalue weighted by Gasteiger charge is -2.09. The Morgan fingerprint density at radius 1 is 0.395 bits per heavy atom. The van der Waals surface area contributed by atoms with Crippen molar-refractivity contribution in [3.63, 3.8) is 0 Å². The summed E-state index contributed by atoms with van der Waals surface area (Å²) in [5, 5.41) is 0.185. The van der Waals surface area contributed by atoms with Crippen molar-refractivity contribution >= 4 is 21.9 Å². The zero-order valence-corrected chi connectivity index (χ0v) is 22.7. The third-order valence-electron chi connectivity index (χ3n) is 7.19. The fourth-order valence-corrected chi connectivity index (χ4v) is 5.05. The Balaban J connectivity index is 1.39. The first-order valence-electron chi connectivity index (χ1n) is 16.8. The molecule has 8 aromatic rings. The minimum Gasteiger partial charge on any atom is -0.456 e. The van der Waals surface area contributed by atoms with E-state index in [1.54, 1.807) is 24.3 Å². The van der Waals surface area contributed by atoms with E-state index in [1.165, 1.54) is 0 Å². The Morgan fingerprint density at radius 2 is 0.930 bits per heavy atom. The molecule has 4 nitrogen and oxygen atoms in total. The molecule has 0 aliphatic carbocycles. The number of hydrogen-bond donors (Lipinski definition) is 0. The summed E-state index contributed by atoms with van der Waals surface area (Å²) >= 11 is 0. The lowest BCUT2D eigenvalue weighted by molar-refractivity contribution is 0.669. The van der Waals surface area contributed by atoms with Crippen molar-refractivity contribution in [2.24, 2.45) is 0 Å². The van der Waals surface area contributed by atoms with Crippen LogP contribution in [0.25, 0.3) is 78.4 Å². The van der Waals surface area contributed by atoms with E-state index >= 15 is 0 Å². The van der Waals surface area contributed by atoms with Crippen molar-refractivity contribution in [1.82, 2.24) is 15.0 Å². The fourth-order valence-electron chi connectivity index (χ4n) is 5.05. The molecule has 0 bridgehead atoms. The molecule has 2 aromatic heterocycles. The second kappa shape index (κ2) is 10.5. The number of nitrogens with zero attached hydrogens (tertiary/aromatic N) is 3. The summed E-state index contributed by atoms with van der Waals surface area (Å²) in [4.78, 5) is 14.3. The van der Waals surface area contributed by atoms with Crippen LogP contribution in [0.2, 0.25) is 0 Å². The van der Waals surface area contributed by atoms with Gasteiger partial charge in [-0.1, -0.05) is 121 Å². The van der Waals surface area contributed by atoms with E-state index in [-0.39, 0.29) is 75.1 Å². The maximum Gasteiger partial charge on any atom is 0.164 e. The average Bonchev–Trinajstić information content (AvgIpc) is 3.56. The van der Waals surface area contributed by atoms with Gasteiger partial charge in [-0.15, -0.1) is 0 Å². The second-order valence-corrected chi connectivity index (χ2v) is 10.00. The first-order chi connectivity index (χ1) is 23.8. The van der Waals surface area contributed by atoms with Crippen molar-refractivity contribution in [1.29, 1.82) is 0 Å². The van der Waals surface area contributed by atoms with Crippen LogP contribution in [0, 0.1) is 0 Å². The standard InChI is InChI=1S/C39H25N3O/c1-4-11-26(12-5-1)29-17-10-18-31(23-29)38-40-37(28-15-8-3-9-16-28)41-39(42-38)32-19-21-33-34-24-30(27-13-6-2-7-14-27)20-22-35(34)43-36(33)25-32/h1-25H/i19D,20D,21D,22D,24D,25D. The molecule has 0 atom stereocenters. The number of aromatic nitrogens is 3. The molecule has 6 aromatic carbocycles. The van der Waals surface area contributed by atoms with Crippen molar-refractivity contribution in [2.75, 3.05) is 0 Å². The Hall–Kier alpha value is -5.87. The van der Waals surface area contributed by atoms with Crippen molar-refractivity contribution in [3.05, 3.63) is 152 Å². The van der Waals surface area contributed by atoms with Gasteiger partial charge in [0.05, 0.1) is 8.22 Å². The summed E-state index contributed by atoms with van der Waals surface area (Å²) in [6, 6.07) is 34.5. The highest BCUT2D eigenvalue weighted by molar-refractivity contribution is 6.07. The van der Waals surface area contributed by atoms with Crippen LogP contribution in [0.4, 0.5) is 0 Å². The van der Waals surface area contributed by atoms with Crippen LogP contribution in [0.5, 0.6) is 0 Å². The second-order valence-electron chi connectivity index (χ2n) is 10.00. The van der Waals surface area contributed by atoms with Crippen LogP contribution < -0.4 is 0 Å². The normalized spacial score (nSPS) is 13.2. The molecule has 4 heteroatoms. The molecule has 43 heavy (non-hydrogen) atoms. The summed E-state index contributed by atoms with van der Waals surface area (Å²) in [5.74, 6) is 0.669. The Kier molecular flexibility index (Phi) is 4.71. The topological polar surface area (TPSA) is 51.8 Å². The molecule has 0 radical (unpaired) electrons. The fraction of sp³-hybridized carbons (Fsp3) is 0. The van der Waals surface area contributed by atoms with Gasteiger partial charge in [-0.2, -0.15) is 0 Å². The maximum atomic E-state index is 9.29. The zero-order chi connectivity index (χ0) is 33.8. The molecule has 0 aliphatic heterocycles. The molecular formula is C39H25N3O. The lowest BCUT2D eigenvalue weighted by Crippen LogP contribution is -2.00. The Bertz CT molecular complexity index is 2560. The molecule has 0 saturated carbocycles. The molecule has 0 amide bonds. The highest BCUT2D eigenvalue weighted by atomic mass is 16.3. The van der Waals surface area contributed by atoms with Gasteiger partial charge >= 0.3 is 0 Å². The van der Waals surface area contributed by atoms with Gasteiger partial charge in [-0.05, 0) is 52.5 Å². The molecule has 0 aliphatic rings. The number of rotatable bonds is 5. The summed E-state index contributed by atoms with van der Waals surface area (Å²) in [7, 11) is 0. The smallest absolute Gasteiger partial charge is 0.164 e. The minimum atomic E-state index is -0.323. The molecule has 0 saturated heterocycles. The number of furan rings is 1. The van der Waals surface area contributed by atoms with E-state index in [9.17, 15) is 1.37 Å². The number of benzene rings is 6. The zero-order valence-electron chi connectivity index (χ0n) is 28.7. The summed E-state index contributed by atoms with van der Waals surface area (Å²) < 4.78 is 60.2. The summed E-state index contributed by atoms with van der Waals surface area (Å²) in [5.41, 5.74) is 3.98. The van der Waals surface area contributed by atoms with E-state index in [0.29, 0.717) is 28.3 Å². The summed E-state index contributed by atoms with van der Waals surface area (Å²) in [6.45, 7) is 0. The van der Waals surface area contributed by atoms with Crippen LogP contribution in [0.1, 0.15) is 8.22 Å². The highest BCUT2D eigenvalue weighted by Gasteiger charge is 2.15. The van der Waals surface area contributed by atoms with Gasteiger partial charge in [0.25, 0.3) is 0 Å². The van der Waals surface area contributed by atoms with Crippen LogP contribution in [0.3, 0.4) is 0 Å². The summed E-state index contributed by atoms with van der Waals surface area (Å²) in [6.07, 6.45) is 0. The molecule has 2 heterocycles. The van der Waals surface area contributed by atoms with E-state index in [2.05, 4.69) is 0 Å². The maximum absolute atomic E-state index is 9.29. The first kappa shape index (κ1) is 19.3. The Morgan fingerprint density at radius 3 is 1.63 bits per heavy atom. The third-order valence-corrected chi connectivity index (χ3v) is 7.19.